The molecule has 5 heteroatoms. The Bertz CT molecular complexity index is 552. The molecular weight excluding hydrogens is 252 g/mol. The number of para-hydroxylation sites is 2. The molecule has 18 heavy (non-hydrogen) atoms. The monoisotopic (exact) mass is 266 g/mol. The molecule has 0 fully saturated rings. The van der Waals surface area contributed by atoms with E-state index in [1.165, 1.54) is 0 Å². The highest BCUT2D eigenvalue weighted by molar-refractivity contribution is 6.17. The normalized spacial score (nSPS) is 10.4. The summed E-state index contributed by atoms with van der Waals surface area (Å²) in [6.45, 7) is 1.91. The van der Waals surface area contributed by atoms with Crippen LogP contribution in [0.25, 0.3) is 0 Å². The molecule has 0 atom stereocenters. The molecule has 0 spiro atoms. The summed E-state index contributed by atoms with van der Waals surface area (Å²) in [7, 11) is 3.44. The van der Waals surface area contributed by atoms with Gasteiger partial charge in [-0.15, -0.1) is 11.6 Å². The highest BCUT2D eigenvalue weighted by Gasteiger charge is 2.16. The quantitative estimate of drug-likeness (QED) is 0.797. The third-order valence-electron chi connectivity index (χ3n) is 2.70. The van der Waals surface area contributed by atoms with Crippen LogP contribution in [0.2, 0.25) is 0 Å². The van der Waals surface area contributed by atoms with Gasteiger partial charge >= 0.3 is 0 Å². The minimum atomic E-state index is 0.365. The number of benzene rings is 1. The van der Waals surface area contributed by atoms with Gasteiger partial charge in [0.2, 0.25) is 5.88 Å². The van der Waals surface area contributed by atoms with E-state index < -0.39 is 0 Å². The SMILES string of the molecule is COc1ccccc1Oc1c(CCl)c(C)nn1C. The van der Waals surface area contributed by atoms with Crippen molar-refractivity contribution < 1.29 is 9.47 Å². The first kappa shape index (κ1) is 12.8. The van der Waals surface area contributed by atoms with Gasteiger partial charge in [-0.05, 0) is 19.1 Å². The summed E-state index contributed by atoms with van der Waals surface area (Å²) in [5.74, 6) is 2.34. The topological polar surface area (TPSA) is 36.3 Å². The number of ether oxygens (including phenoxy) is 2. The summed E-state index contributed by atoms with van der Waals surface area (Å²) in [4.78, 5) is 0. The van der Waals surface area contributed by atoms with Gasteiger partial charge in [-0.2, -0.15) is 5.10 Å². The van der Waals surface area contributed by atoms with Crippen molar-refractivity contribution in [2.75, 3.05) is 7.11 Å². The van der Waals surface area contributed by atoms with E-state index in [4.69, 9.17) is 21.1 Å². The molecule has 0 aliphatic heterocycles. The fourth-order valence-corrected chi connectivity index (χ4v) is 2.08. The summed E-state index contributed by atoms with van der Waals surface area (Å²) in [5, 5.41) is 4.30. The Morgan fingerprint density at radius 1 is 1.28 bits per heavy atom. The Morgan fingerprint density at radius 2 is 1.94 bits per heavy atom. The summed E-state index contributed by atoms with van der Waals surface area (Å²) in [5.41, 5.74) is 1.77. The number of aryl methyl sites for hydroxylation is 2. The summed E-state index contributed by atoms with van der Waals surface area (Å²) >= 11 is 5.93. The first-order valence-corrected chi connectivity index (χ1v) is 6.10. The number of alkyl halides is 1. The molecule has 0 amide bonds. The molecule has 4 nitrogen and oxygen atoms in total. The maximum absolute atomic E-state index is 5.93. The van der Waals surface area contributed by atoms with Crippen molar-refractivity contribution in [3.05, 3.63) is 35.5 Å². The molecular formula is C13H15ClN2O2. The standard InChI is InChI=1S/C13H15ClN2O2/c1-9-10(8-14)13(16(2)15-9)18-12-7-5-4-6-11(12)17-3/h4-7H,8H2,1-3H3. The van der Waals surface area contributed by atoms with Crippen molar-refractivity contribution >= 4 is 11.6 Å². The molecule has 0 unspecified atom stereocenters. The van der Waals surface area contributed by atoms with Gasteiger partial charge in [-0.25, -0.2) is 4.68 Å². The van der Waals surface area contributed by atoms with Gasteiger partial charge in [0.1, 0.15) is 0 Å². The molecule has 0 bridgehead atoms. The number of rotatable bonds is 4. The van der Waals surface area contributed by atoms with Crippen LogP contribution in [0, 0.1) is 6.92 Å². The van der Waals surface area contributed by atoms with Crippen molar-refractivity contribution in [2.24, 2.45) is 7.05 Å². The lowest BCUT2D eigenvalue weighted by atomic mass is 10.3. The van der Waals surface area contributed by atoms with Crippen molar-refractivity contribution in [1.29, 1.82) is 0 Å². The number of nitrogens with zero attached hydrogens (tertiary/aromatic N) is 2. The molecule has 0 N–H and O–H groups in total. The van der Waals surface area contributed by atoms with Gasteiger partial charge in [-0.3, -0.25) is 0 Å². The summed E-state index contributed by atoms with van der Waals surface area (Å²) < 4.78 is 12.8. The molecule has 1 heterocycles. The second kappa shape index (κ2) is 5.31. The van der Waals surface area contributed by atoms with E-state index in [0.717, 1.165) is 11.3 Å². The highest BCUT2D eigenvalue weighted by atomic mass is 35.5. The van der Waals surface area contributed by atoms with Crippen molar-refractivity contribution in [2.45, 2.75) is 12.8 Å². The van der Waals surface area contributed by atoms with Crippen LogP contribution >= 0.6 is 11.6 Å². The lowest BCUT2D eigenvalue weighted by molar-refractivity contribution is 0.364. The molecule has 2 rings (SSSR count). The van der Waals surface area contributed by atoms with Gasteiger partial charge in [0.15, 0.2) is 11.5 Å². The number of halogens is 1. The van der Waals surface area contributed by atoms with Crippen LogP contribution in [0.1, 0.15) is 11.3 Å². The van der Waals surface area contributed by atoms with E-state index in [2.05, 4.69) is 5.10 Å². The number of hydrogen-bond acceptors (Lipinski definition) is 3. The van der Waals surface area contributed by atoms with Crippen molar-refractivity contribution in [1.82, 2.24) is 9.78 Å². The Labute approximate surface area is 111 Å². The molecule has 0 aliphatic rings. The van der Waals surface area contributed by atoms with E-state index in [1.54, 1.807) is 11.8 Å². The molecule has 0 aliphatic carbocycles. The second-order valence-corrected chi connectivity index (χ2v) is 4.15. The maximum Gasteiger partial charge on any atom is 0.222 e. The first-order valence-electron chi connectivity index (χ1n) is 5.56. The molecule has 1 aromatic carbocycles. The zero-order valence-corrected chi connectivity index (χ0v) is 11.4. The molecule has 1 aromatic heterocycles. The average molecular weight is 267 g/mol. The zero-order chi connectivity index (χ0) is 13.1. The van der Waals surface area contributed by atoms with Crippen LogP contribution in [-0.2, 0) is 12.9 Å². The fraction of sp³-hybridized carbons (Fsp3) is 0.308. The Balaban J connectivity index is 2.39. The van der Waals surface area contributed by atoms with Crippen LogP contribution in [0.15, 0.2) is 24.3 Å². The maximum atomic E-state index is 5.93. The summed E-state index contributed by atoms with van der Waals surface area (Å²) in [6.07, 6.45) is 0. The zero-order valence-electron chi connectivity index (χ0n) is 10.6. The van der Waals surface area contributed by atoms with Crippen LogP contribution in [0.4, 0.5) is 0 Å². The van der Waals surface area contributed by atoms with Crippen molar-refractivity contribution in [3.63, 3.8) is 0 Å². The first-order chi connectivity index (χ1) is 8.67. The molecule has 0 saturated heterocycles. The third kappa shape index (κ3) is 2.29. The number of hydrogen-bond donors (Lipinski definition) is 0. The lowest BCUT2D eigenvalue weighted by Crippen LogP contribution is -1.98. The lowest BCUT2D eigenvalue weighted by Gasteiger charge is -2.10. The van der Waals surface area contributed by atoms with Crippen molar-refractivity contribution in [3.8, 4) is 17.4 Å². The predicted molar refractivity (Wildman–Crippen MR) is 70.6 cm³/mol. The van der Waals surface area contributed by atoms with E-state index in [-0.39, 0.29) is 0 Å². The van der Waals surface area contributed by atoms with Crippen LogP contribution in [-0.4, -0.2) is 16.9 Å². The Kier molecular flexibility index (Phi) is 3.77. The van der Waals surface area contributed by atoms with Gasteiger partial charge < -0.3 is 9.47 Å². The Morgan fingerprint density at radius 3 is 2.56 bits per heavy atom. The van der Waals surface area contributed by atoms with E-state index in [1.807, 2.05) is 38.2 Å². The second-order valence-electron chi connectivity index (χ2n) is 3.88. The average Bonchev–Trinajstić information content (AvgIpc) is 2.64. The minimum absolute atomic E-state index is 0.365. The van der Waals surface area contributed by atoms with Gasteiger partial charge in [0, 0.05) is 7.05 Å². The van der Waals surface area contributed by atoms with Gasteiger partial charge in [-0.1, -0.05) is 12.1 Å². The van der Waals surface area contributed by atoms with E-state index in [9.17, 15) is 0 Å². The molecule has 0 saturated carbocycles. The van der Waals surface area contributed by atoms with E-state index in [0.29, 0.717) is 23.3 Å². The van der Waals surface area contributed by atoms with E-state index >= 15 is 0 Å². The Hall–Kier alpha value is -1.68. The smallest absolute Gasteiger partial charge is 0.222 e. The van der Waals surface area contributed by atoms with Crippen LogP contribution < -0.4 is 9.47 Å². The fourth-order valence-electron chi connectivity index (χ4n) is 1.77. The van der Waals surface area contributed by atoms with Crippen LogP contribution in [0.5, 0.6) is 17.4 Å². The van der Waals surface area contributed by atoms with Gasteiger partial charge in [0.25, 0.3) is 0 Å². The van der Waals surface area contributed by atoms with Gasteiger partial charge in [0.05, 0.1) is 24.2 Å². The summed E-state index contributed by atoms with van der Waals surface area (Å²) in [6, 6.07) is 7.47. The minimum Gasteiger partial charge on any atom is -0.493 e. The third-order valence-corrected chi connectivity index (χ3v) is 2.97. The molecule has 0 radical (unpaired) electrons. The molecule has 2 aromatic rings. The highest BCUT2D eigenvalue weighted by Crippen LogP contribution is 2.33. The predicted octanol–water partition coefficient (Wildman–Crippen LogP) is 3.27. The van der Waals surface area contributed by atoms with Crippen LogP contribution in [0.3, 0.4) is 0 Å². The number of aromatic nitrogens is 2. The molecule has 96 valence electrons. The number of methoxy groups -OCH3 is 1. The largest absolute Gasteiger partial charge is 0.493 e.